The Morgan fingerprint density at radius 2 is 1.95 bits per heavy atom. The van der Waals surface area contributed by atoms with Gasteiger partial charge in [-0.25, -0.2) is 9.37 Å². The first-order valence-electron chi connectivity index (χ1n) is 5.17. The van der Waals surface area contributed by atoms with Crippen LogP contribution in [0.3, 0.4) is 0 Å². The van der Waals surface area contributed by atoms with E-state index in [-0.39, 0.29) is 10.7 Å². The Hall–Kier alpha value is -2.63. The van der Waals surface area contributed by atoms with Crippen molar-refractivity contribution in [2.75, 3.05) is 5.32 Å². The van der Waals surface area contributed by atoms with Crippen LogP contribution < -0.4 is 5.32 Å². The van der Waals surface area contributed by atoms with Crippen LogP contribution in [0.2, 0.25) is 5.15 Å². The molecule has 0 aliphatic rings. The molecule has 1 aromatic heterocycles. The number of rotatable bonds is 2. The molecule has 0 amide bonds. The van der Waals surface area contributed by atoms with Crippen molar-refractivity contribution in [3.8, 4) is 12.1 Å². The maximum Gasteiger partial charge on any atom is 0.133 e. The summed E-state index contributed by atoms with van der Waals surface area (Å²) in [6.07, 6.45) is 0. The number of hydrogen-bond donors (Lipinski definition) is 1. The van der Waals surface area contributed by atoms with Gasteiger partial charge in [-0.1, -0.05) is 11.6 Å². The molecular formula is C13H6ClFN4. The molecule has 0 saturated carbocycles. The molecule has 92 valence electrons. The molecule has 0 aliphatic carbocycles. The minimum atomic E-state index is -0.501. The second-order valence-electron chi connectivity index (χ2n) is 3.60. The molecule has 2 aromatic rings. The molecule has 1 N–H and O–H groups in total. The number of pyridine rings is 1. The lowest BCUT2D eigenvalue weighted by Crippen LogP contribution is -1.97. The highest BCUT2D eigenvalue weighted by atomic mass is 35.5. The van der Waals surface area contributed by atoms with Crippen molar-refractivity contribution in [2.45, 2.75) is 0 Å². The van der Waals surface area contributed by atoms with Gasteiger partial charge in [-0.3, -0.25) is 0 Å². The van der Waals surface area contributed by atoms with Crippen molar-refractivity contribution in [1.82, 2.24) is 4.98 Å². The molecule has 0 spiro atoms. The van der Waals surface area contributed by atoms with Crippen LogP contribution in [-0.2, 0) is 0 Å². The van der Waals surface area contributed by atoms with Gasteiger partial charge in [0.05, 0.1) is 22.9 Å². The molecule has 0 saturated heterocycles. The molecule has 0 radical (unpaired) electrons. The zero-order chi connectivity index (χ0) is 13.8. The quantitative estimate of drug-likeness (QED) is 0.851. The van der Waals surface area contributed by atoms with Gasteiger partial charge in [0.1, 0.15) is 22.9 Å². The summed E-state index contributed by atoms with van der Waals surface area (Å²) in [6, 6.07) is 10.5. The van der Waals surface area contributed by atoms with Crippen LogP contribution in [0, 0.1) is 28.5 Å². The number of hydrogen-bond acceptors (Lipinski definition) is 4. The lowest BCUT2D eigenvalue weighted by Gasteiger charge is -2.08. The summed E-state index contributed by atoms with van der Waals surface area (Å²) in [5.74, 6) is -0.189. The summed E-state index contributed by atoms with van der Waals surface area (Å²) in [7, 11) is 0. The van der Waals surface area contributed by atoms with E-state index in [4.69, 9.17) is 22.1 Å². The van der Waals surface area contributed by atoms with Crippen molar-refractivity contribution in [1.29, 1.82) is 10.5 Å². The number of benzene rings is 1. The van der Waals surface area contributed by atoms with Crippen molar-refractivity contribution in [3.63, 3.8) is 0 Å². The Morgan fingerprint density at radius 3 is 2.63 bits per heavy atom. The SMILES string of the molecule is N#Cc1cc(Cl)nc(Nc2ccc(F)cc2C#N)c1. The summed E-state index contributed by atoms with van der Waals surface area (Å²) in [6.45, 7) is 0. The number of aromatic nitrogens is 1. The fourth-order valence-electron chi connectivity index (χ4n) is 1.48. The van der Waals surface area contributed by atoms with E-state index in [1.54, 1.807) is 0 Å². The number of nitrogens with one attached hydrogen (secondary N) is 1. The summed E-state index contributed by atoms with van der Waals surface area (Å²) < 4.78 is 13.0. The van der Waals surface area contributed by atoms with E-state index in [9.17, 15) is 4.39 Å². The topological polar surface area (TPSA) is 72.5 Å². The van der Waals surface area contributed by atoms with Crippen LogP contribution in [0.4, 0.5) is 15.9 Å². The van der Waals surface area contributed by atoms with Crippen LogP contribution in [-0.4, -0.2) is 4.98 Å². The smallest absolute Gasteiger partial charge is 0.133 e. The predicted octanol–water partition coefficient (Wildman–Crippen LogP) is 3.36. The van der Waals surface area contributed by atoms with Gasteiger partial charge >= 0.3 is 0 Å². The van der Waals surface area contributed by atoms with E-state index < -0.39 is 5.82 Å². The minimum absolute atomic E-state index is 0.139. The Balaban J connectivity index is 2.40. The summed E-state index contributed by atoms with van der Waals surface area (Å²) in [4.78, 5) is 3.97. The third kappa shape index (κ3) is 2.98. The van der Waals surface area contributed by atoms with Crippen LogP contribution in [0.1, 0.15) is 11.1 Å². The maximum atomic E-state index is 13.0. The van der Waals surface area contributed by atoms with Crippen LogP contribution >= 0.6 is 11.6 Å². The standard InChI is InChI=1S/C13H6ClFN4/c14-12-3-8(6-16)4-13(19-12)18-11-2-1-10(15)5-9(11)7-17/h1-5H,(H,18,19). The maximum absolute atomic E-state index is 13.0. The van der Waals surface area contributed by atoms with Crippen molar-refractivity contribution in [2.24, 2.45) is 0 Å². The molecular weight excluding hydrogens is 267 g/mol. The number of anilines is 2. The average Bonchev–Trinajstić information content (AvgIpc) is 2.40. The molecule has 0 aliphatic heterocycles. The largest absolute Gasteiger partial charge is 0.339 e. The van der Waals surface area contributed by atoms with E-state index in [2.05, 4.69) is 10.3 Å². The highest BCUT2D eigenvalue weighted by Gasteiger charge is 2.06. The number of nitriles is 2. The van der Waals surface area contributed by atoms with Crippen molar-refractivity contribution in [3.05, 3.63) is 52.4 Å². The predicted molar refractivity (Wildman–Crippen MR) is 68.4 cm³/mol. The highest BCUT2D eigenvalue weighted by Crippen LogP contribution is 2.22. The fraction of sp³-hybridized carbons (Fsp3) is 0. The van der Waals surface area contributed by atoms with Crippen LogP contribution in [0.5, 0.6) is 0 Å². The van der Waals surface area contributed by atoms with E-state index in [1.165, 1.54) is 24.3 Å². The van der Waals surface area contributed by atoms with Gasteiger partial charge in [-0.15, -0.1) is 0 Å². The van der Waals surface area contributed by atoms with Crippen molar-refractivity contribution < 1.29 is 4.39 Å². The van der Waals surface area contributed by atoms with Crippen molar-refractivity contribution >= 4 is 23.1 Å². The molecule has 6 heteroatoms. The number of nitrogens with zero attached hydrogens (tertiary/aromatic N) is 3. The normalized spacial score (nSPS) is 9.47. The van der Waals surface area contributed by atoms with Crippen LogP contribution in [0.15, 0.2) is 30.3 Å². The zero-order valence-corrected chi connectivity index (χ0v) is 10.2. The molecule has 1 heterocycles. The first-order chi connectivity index (χ1) is 9.12. The molecule has 0 atom stereocenters. The van der Waals surface area contributed by atoms with E-state index >= 15 is 0 Å². The lowest BCUT2D eigenvalue weighted by atomic mass is 10.2. The zero-order valence-electron chi connectivity index (χ0n) is 9.48. The van der Waals surface area contributed by atoms with Gasteiger partial charge in [-0.05, 0) is 30.3 Å². The molecule has 4 nitrogen and oxygen atoms in total. The molecule has 2 rings (SSSR count). The molecule has 0 bridgehead atoms. The summed E-state index contributed by atoms with van der Waals surface area (Å²) >= 11 is 5.77. The Morgan fingerprint density at radius 1 is 1.16 bits per heavy atom. The fourth-order valence-corrected chi connectivity index (χ4v) is 1.69. The summed E-state index contributed by atoms with van der Waals surface area (Å²) in [5, 5.41) is 20.7. The van der Waals surface area contributed by atoms with Gasteiger partial charge in [0.25, 0.3) is 0 Å². The molecule has 0 unspecified atom stereocenters. The van der Waals surface area contributed by atoms with Gasteiger partial charge in [-0.2, -0.15) is 10.5 Å². The van der Waals surface area contributed by atoms with Gasteiger partial charge < -0.3 is 5.32 Å². The highest BCUT2D eigenvalue weighted by molar-refractivity contribution is 6.29. The first-order valence-corrected chi connectivity index (χ1v) is 5.54. The van der Waals surface area contributed by atoms with E-state index in [1.807, 2.05) is 12.1 Å². The second kappa shape index (κ2) is 5.34. The molecule has 19 heavy (non-hydrogen) atoms. The molecule has 1 aromatic carbocycles. The Kier molecular flexibility index (Phi) is 3.61. The molecule has 0 fully saturated rings. The van der Waals surface area contributed by atoms with Gasteiger partial charge in [0.2, 0.25) is 0 Å². The van der Waals surface area contributed by atoms with E-state index in [0.717, 1.165) is 6.07 Å². The third-order valence-electron chi connectivity index (χ3n) is 2.29. The second-order valence-corrected chi connectivity index (χ2v) is 3.99. The first kappa shape index (κ1) is 12.8. The third-order valence-corrected chi connectivity index (χ3v) is 2.48. The summed E-state index contributed by atoms with van der Waals surface area (Å²) in [5.41, 5.74) is 0.867. The minimum Gasteiger partial charge on any atom is -0.339 e. The van der Waals surface area contributed by atoms with E-state index in [0.29, 0.717) is 17.1 Å². The Bertz CT molecular complexity index is 716. The monoisotopic (exact) mass is 272 g/mol. The lowest BCUT2D eigenvalue weighted by molar-refractivity contribution is 0.627. The van der Waals surface area contributed by atoms with Gasteiger partial charge in [0, 0.05) is 0 Å². The number of halogens is 2. The van der Waals surface area contributed by atoms with Crippen LogP contribution in [0.25, 0.3) is 0 Å². The Labute approximate surface area is 113 Å². The van der Waals surface area contributed by atoms with Gasteiger partial charge in [0.15, 0.2) is 0 Å². The average molecular weight is 273 g/mol.